The van der Waals surface area contributed by atoms with Gasteiger partial charge in [0.2, 0.25) is 0 Å². The summed E-state index contributed by atoms with van der Waals surface area (Å²) in [5.41, 5.74) is 3.11. The summed E-state index contributed by atoms with van der Waals surface area (Å²) in [7, 11) is 0. The molecule has 0 aliphatic carbocycles. The van der Waals surface area contributed by atoms with Gasteiger partial charge in [-0.2, -0.15) is 26.3 Å². The number of amides is 1. The van der Waals surface area contributed by atoms with Crippen LogP contribution >= 0.6 is 22.7 Å². The lowest BCUT2D eigenvalue weighted by atomic mass is 9.98. The summed E-state index contributed by atoms with van der Waals surface area (Å²) < 4.78 is 80.2. The molecule has 3 heterocycles. The predicted octanol–water partition coefficient (Wildman–Crippen LogP) is 9.06. The first-order valence-corrected chi connectivity index (χ1v) is 16.3. The minimum absolute atomic E-state index is 0.180. The number of fused-ring (bicyclic) bond motifs is 1. The van der Waals surface area contributed by atoms with Gasteiger partial charge in [0.05, 0.1) is 22.5 Å². The smallest absolute Gasteiger partial charge is 0.312 e. The van der Waals surface area contributed by atoms with Crippen LogP contribution in [0.5, 0.6) is 0 Å². The highest BCUT2D eigenvalue weighted by Crippen LogP contribution is 2.39. The Labute approximate surface area is 274 Å². The number of thiazole rings is 2. The Morgan fingerprint density at radius 3 is 1.81 bits per heavy atom. The molecule has 1 amide bonds. The van der Waals surface area contributed by atoms with E-state index in [9.17, 15) is 31.1 Å². The molecule has 0 fully saturated rings. The largest absolute Gasteiger partial charge is 0.416 e. The molecule has 1 aliphatic heterocycles. The lowest BCUT2D eigenvalue weighted by molar-refractivity contribution is -0.138. The van der Waals surface area contributed by atoms with E-state index in [4.69, 9.17) is 0 Å². The van der Waals surface area contributed by atoms with Crippen LogP contribution in [0.15, 0.2) is 66.7 Å². The molecule has 0 unspecified atom stereocenters. The van der Waals surface area contributed by atoms with E-state index in [1.165, 1.54) is 39.7 Å². The first kappa shape index (κ1) is 32.9. The maximum atomic E-state index is 14.3. The molecule has 0 saturated heterocycles. The zero-order valence-electron chi connectivity index (χ0n) is 25.2. The van der Waals surface area contributed by atoms with Gasteiger partial charge in [0, 0.05) is 34.7 Å². The molecule has 13 heteroatoms. The molecule has 0 spiro atoms. The quantitative estimate of drug-likeness (QED) is 0.174. The lowest BCUT2D eigenvalue weighted by Gasteiger charge is -2.20. The van der Waals surface area contributed by atoms with Gasteiger partial charge in [-0.05, 0) is 73.3 Å². The maximum absolute atomic E-state index is 14.3. The summed E-state index contributed by atoms with van der Waals surface area (Å²) in [4.78, 5) is 26.4. The highest BCUT2D eigenvalue weighted by Gasteiger charge is 2.32. The third-order valence-electron chi connectivity index (χ3n) is 7.93. The molecule has 3 aromatic carbocycles. The third-order valence-corrected chi connectivity index (χ3v) is 10.2. The molecule has 0 radical (unpaired) electrons. The number of rotatable bonds is 7. The molecule has 47 heavy (non-hydrogen) atoms. The molecule has 1 aliphatic rings. The van der Waals surface area contributed by atoms with E-state index in [0.717, 1.165) is 48.4 Å². The van der Waals surface area contributed by atoms with Crippen LogP contribution in [0.1, 0.15) is 64.9 Å². The number of halogens is 6. The SMILES string of the molecule is Cc1nc(N(C(=O)c2ccc3c(c2)CCNC3)c2nc(C)c(Cc3cccc(C(F)(F)F)c3)s2)sc1Cc1cccc(C(F)(F)F)c1. The van der Waals surface area contributed by atoms with Crippen LogP contribution < -0.4 is 10.2 Å². The topological polar surface area (TPSA) is 58.1 Å². The summed E-state index contributed by atoms with van der Waals surface area (Å²) in [6, 6.07) is 15.7. The fourth-order valence-electron chi connectivity index (χ4n) is 5.43. The van der Waals surface area contributed by atoms with Crippen molar-refractivity contribution in [1.82, 2.24) is 15.3 Å². The monoisotopic (exact) mass is 686 g/mol. The van der Waals surface area contributed by atoms with Crippen molar-refractivity contribution in [3.63, 3.8) is 0 Å². The summed E-state index contributed by atoms with van der Waals surface area (Å²) in [5.74, 6) is -0.384. The summed E-state index contributed by atoms with van der Waals surface area (Å²) in [6.45, 7) is 4.96. The second kappa shape index (κ2) is 12.9. The standard InChI is InChI=1S/C34H28F6N4OS2/c1-19-28(15-21-5-3-7-26(13-21)33(35,36)37)46-31(42-19)44(30(45)24-9-10-25-18-41-12-11-23(25)17-24)32-43-20(2)29(47-32)16-22-6-4-8-27(14-22)34(38,39)40/h3-10,13-14,17,41H,11-12,15-16,18H2,1-2H3. The number of nitrogens with one attached hydrogen (secondary N) is 1. The van der Waals surface area contributed by atoms with Crippen LogP contribution in [-0.2, 0) is 38.2 Å². The molecule has 0 bridgehead atoms. The average Bonchev–Trinajstić information content (AvgIpc) is 3.56. The zero-order valence-corrected chi connectivity index (χ0v) is 26.9. The van der Waals surface area contributed by atoms with Gasteiger partial charge in [-0.25, -0.2) is 14.9 Å². The second-order valence-electron chi connectivity index (χ2n) is 11.3. The maximum Gasteiger partial charge on any atom is 0.416 e. The van der Waals surface area contributed by atoms with Crippen molar-refractivity contribution >= 4 is 38.8 Å². The highest BCUT2D eigenvalue weighted by atomic mass is 32.1. The Morgan fingerprint density at radius 1 is 0.766 bits per heavy atom. The van der Waals surface area contributed by atoms with Crippen molar-refractivity contribution in [3.8, 4) is 0 Å². The van der Waals surface area contributed by atoms with Crippen molar-refractivity contribution in [2.24, 2.45) is 0 Å². The van der Waals surface area contributed by atoms with Crippen molar-refractivity contribution in [1.29, 1.82) is 0 Å². The van der Waals surface area contributed by atoms with Gasteiger partial charge in [-0.3, -0.25) is 4.79 Å². The number of carbonyl (C=O) groups is 1. The Kier molecular flexibility index (Phi) is 8.98. The van der Waals surface area contributed by atoms with Crippen LogP contribution in [0.25, 0.3) is 0 Å². The number of carbonyl (C=O) groups excluding carboxylic acids is 1. The fraction of sp³-hybridized carbons (Fsp3) is 0.265. The Morgan fingerprint density at radius 2 is 1.30 bits per heavy atom. The van der Waals surface area contributed by atoms with Crippen molar-refractivity contribution in [2.75, 3.05) is 11.4 Å². The highest BCUT2D eigenvalue weighted by molar-refractivity contribution is 7.18. The number of hydrogen-bond acceptors (Lipinski definition) is 6. The van der Waals surface area contributed by atoms with Crippen LogP contribution in [-0.4, -0.2) is 22.4 Å². The Bertz CT molecular complexity index is 1840. The van der Waals surface area contributed by atoms with Crippen LogP contribution in [0.2, 0.25) is 0 Å². The molecule has 2 aromatic heterocycles. The Hall–Kier alpha value is -4.07. The van der Waals surface area contributed by atoms with Crippen molar-refractivity contribution in [3.05, 3.63) is 127 Å². The number of hydrogen-bond donors (Lipinski definition) is 1. The Balaban J connectivity index is 1.38. The summed E-state index contributed by atoms with van der Waals surface area (Å²) in [6.07, 6.45) is -7.84. The fourth-order valence-corrected chi connectivity index (χ4v) is 7.67. The van der Waals surface area contributed by atoms with E-state index >= 15 is 0 Å². The van der Waals surface area contributed by atoms with Gasteiger partial charge in [-0.1, -0.05) is 42.5 Å². The van der Waals surface area contributed by atoms with Crippen molar-refractivity contribution < 1.29 is 31.1 Å². The zero-order chi connectivity index (χ0) is 33.5. The molecule has 5 nitrogen and oxygen atoms in total. The molecule has 6 rings (SSSR count). The van der Waals surface area contributed by atoms with Gasteiger partial charge in [0.15, 0.2) is 10.3 Å². The van der Waals surface area contributed by atoms with E-state index < -0.39 is 23.5 Å². The van der Waals surface area contributed by atoms with Gasteiger partial charge in [0.1, 0.15) is 0 Å². The van der Waals surface area contributed by atoms with E-state index in [0.29, 0.717) is 54.6 Å². The molecular weight excluding hydrogens is 659 g/mol. The van der Waals surface area contributed by atoms with Crippen molar-refractivity contribution in [2.45, 2.75) is 52.0 Å². The number of nitrogens with zero attached hydrogens (tertiary/aromatic N) is 3. The van der Waals surface area contributed by atoms with Crippen LogP contribution in [0.4, 0.5) is 36.6 Å². The average molecular weight is 687 g/mol. The van der Waals surface area contributed by atoms with E-state index in [1.807, 2.05) is 12.1 Å². The van der Waals surface area contributed by atoms with E-state index in [1.54, 1.807) is 32.0 Å². The molecular formula is C34H28F6N4OS2. The first-order valence-electron chi connectivity index (χ1n) is 14.7. The number of alkyl halides is 6. The number of aryl methyl sites for hydroxylation is 2. The summed E-state index contributed by atoms with van der Waals surface area (Å²) >= 11 is 2.38. The second-order valence-corrected chi connectivity index (χ2v) is 13.4. The minimum atomic E-state index is -4.48. The van der Waals surface area contributed by atoms with E-state index in [-0.39, 0.29) is 18.7 Å². The van der Waals surface area contributed by atoms with Gasteiger partial charge in [-0.15, -0.1) is 22.7 Å². The molecule has 1 N–H and O–H groups in total. The third kappa shape index (κ3) is 7.26. The number of aromatic nitrogens is 2. The molecule has 0 atom stereocenters. The minimum Gasteiger partial charge on any atom is -0.312 e. The number of anilines is 2. The van der Waals surface area contributed by atoms with Gasteiger partial charge in [0.25, 0.3) is 5.91 Å². The predicted molar refractivity (Wildman–Crippen MR) is 171 cm³/mol. The van der Waals surface area contributed by atoms with Crippen LogP contribution in [0.3, 0.4) is 0 Å². The molecule has 244 valence electrons. The summed E-state index contributed by atoms with van der Waals surface area (Å²) in [5, 5.41) is 3.91. The lowest BCUT2D eigenvalue weighted by Crippen LogP contribution is -2.27. The first-order chi connectivity index (χ1) is 22.3. The van der Waals surface area contributed by atoms with Crippen LogP contribution in [0, 0.1) is 13.8 Å². The van der Waals surface area contributed by atoms with E-state index in [2.05, 4.69) is 15.3 Å². The number of benzene rings is 3. The van der Waals surface area contributed by atoms with Gasteiger partial charge >= 0.3 is 12.4 Å². The molecule has 0 saturated carbocycles. The normalized spacial score (nSPS) is 13.4. The van der Waals surface area contributed by atoms with Gasteiger partial charge < -0.3 is 5.32 Å². The molecule has 5 aromatic rings.